The molecule has 0 atom stereocenters. The van der Waals surface area contributed by atoms with Crippen LogP contribution in [0.25, 0.3) is 10.4 Å². The summed E-state index contributed by atoms with van der Waals surface area (Å²) >= 11 is 1.51. The van der Waals surface area contributed by atoms with Crippen molar-refractivity contribution in [2.24, 2.45) is 5.92 Å². The zero-order chi connectivity index (χ0) is 20.2. The Kier molecular flexibility index (Phi) is 5.85. The van der Waals surface area contributed by atoms with Crippen molar-refractivity contribution in [3.05, 3.63) is 60.2 Å². The van der Waals surface area contributed by atoms with Crippen LogP contribution < -0.4 is 5.32 Å². The number of carbonyl (C=O) groups excluding carboxylic acids is 1. The summed E-state index contributed by atoms with van der Waals surface area (Å²) in [4.78, 5) is 23.5. The highest BCUT2D eigenvalue weighted by atomic mass is 32.1. The van der Waals surface area contributed by atoms with Crippen LogP contribution in [0.5, 0.6) is 0 Å². The molecule has 3 aromatic rings. The summed E-state index contributed by atoms with van der Waals surface area (Å²) in [6.07, 6.45) is 4.74. The van der Waals surface area contributed by atoms with Gasteiger partial charge in [0.2, 0.25) is 5.91 Å². The highest BCUT2D eigenvalue weighted by Crippen LogP contribution is 2.30. The number of likely N-dealkylation sites (tertiary alicyclic amines) is 1. The fraction of sp³-hybridized carbons (Fsp3) is 0.318. The fourth-order valence-electron chi connectivity index (χ4n) is 3.60. The summed E-state index contributed by atoms with van der Waals surface area (Å²) in [5.41, 5.74) is 1.99. The first-order chi connectivity index (χ1) is 14.1. The minimum absolute atomic E-state index is 0.163. The molecule has 1 amide bonds. The average molecular weight is 411 g/mol. The van der Waals surface area contributed by atoms with Crippen molar-refractivity contribution < 1.29 is 9.18 Å². The Morgan fingerprint density at radius 3 is 2.69 bits per heavy atom. The standard InChI is InChI=1S/C22H23FN4OS/c1-15(28)27-11-9-16(10-12-27)13-19-3-2-4-21(25-19)26-22-24-14-20(29-22)17-5-7-18(23)8-6-17/h2-8,14,16H,9-13H2,1H3,(H,24,25,26). The summed E-state index contributed by atoms with van der Waals surface area (Å²) in [5.74, 6) is 1.24. The van der Waals surface area contributed by atoms with Gasteiger partial charge in [0.25, 0.3) is 0 Å². The Morgan fingerprint density at radius 1 is 1.21 bits per heavy atom. The molecule has 7 heteroatoms. The number of rotatable bonds is 5. The van der Waals surface area contributed by atoms with Crippen LogP contribution in [0.1, 0.15) is 25.5 Å². The number of carbonyl (C=O) groups is 1. The Bertz CT molecular complexity index is 980. The Hall–Kier alpha value is -2.80. The molecule has 1 fully saturated rings. The van der Waals surface area contributed by atoms with Crippen molar-refractivity contribution in [3.8, 4) is 10.4 Å². The molecule has 5 nitrogen and oxygen atoms in total. The van der Waals surface area contributed by atoms with E-state index in [1.54, 1.807) is 25.3 Å². The first kappa shape index (κ1) is 19.5. The lowest BCUT2D eigenvalue weighted by Crippen LogP contribution is -2.37. The molecule has 3 heterocycles. The monoisotopic (exact) mass is 410 g/mol. The molecule has 1 saturated heterocycles. The first-order valence-corrected chi connectivity index (χ1v) is 10.6. The van der Waals surface area contributed by atoms with Crippen LogP contribution in [-0.2, 0) is 11.2 Å². The van der Waals surface area contributed by atoms with Gasteiger partial charge in [0.1, 0.15) is 11.6 Å². The minimum atomic E-state index is -0.246. The molecule has 0 unspecified atom stereocenters. The molecular formula is C22H23FN4OS. The van der Waals surface area contributed by atoms with Crippen molar-refractivity contribution in [3.63, 3.8) is 0 Å². The lowest BCUT2D eigenvalue weighted by atomic mass is 9.92. The van der Waals surface area contributed by atoms with Gasteiger partial charge in [0.05, 0.1) is 4.88 Å². The van der Waals surface area contributed by atoms with Gasteiger partial charge < -0.3 is 10.2 Å². The smallest absolute Gasteiger partial charge is 0.219 e. The van der Waals surface area contributed by atoms with Crippen LogP contribution >= 0.6 is 11.3 Å². The van der Waals surface area contributed by atoms with Gasteiger partial charge in [-0.2, -0.15) is 0 Å². The van der Waals surface area contributed by atoms with Gasteiger partial charge in [-0.3, -0.25) is 4.79 Å². The van der Waals surface area contributed by atoms with E-state index in [2.05, 4.69) is 10.3 Å². The third-order valence-electron chi connectivity index (χ3n) is 5.23. The molecule has 1 N–H and O–H groups in total. The van der Waals surface area contributed by atoms with E-state index >= 15 is 0 Å². The van der Waals surface area contributed by atoms with Gasteiger partial charge in [-0.1, -0.05) is 29.5 Å². The van der Waals surface area contributed by atoms with Crippen LogP contribution in [0.2, 0.25) is 0 Å². The maximum Gasteiger partial charge on any atom is 0.219 e. The molecule has 0 radical (unpaired) electrons. The zero-order valence-corrected chi connectivity index (χ0v) is 17.1. The molecule has 1 aromatic carbocycles. The van der Waals surface area contributed by atoms with Crippen molar-refractivity contribution in [1.82, 2.24) is 14.9 Å². The second-order valence-electron chi connectivity index (χ2n) is 7.33. The van der Waals surface area contributed by atoms with Gasteiger partial charge in [0.15, 0.2) is 5.13 Å². The minimum Gasteiger partial charge on any atom is -0.343 e. The number of hydrogen-bond donors (Lipinski definition) is 1. The normalized spacial score (nSPS) is 14.8. The Morgan fingerprint density at radius 2 is 1.97 bits per heavy atom. The second kappa shape index (κ2) is 8.69. The van der Waals surface area contributed by atoms with Crippen molar-refractivity contribution in [2.75, 3.05) is 18.4 Å². The third-order valence-corrected chi connectivity index (χ3v) is 6.20. The van der Waals surface area contributed by atoms with Gasteiger partial charge in [0, 0.05) is 31.9 Å². The maximum atomic E-state index is 13.1. The van der Waals surface area contributed by atoms with Gasteiger partial charge in [-0.15, -0.1) is 0 Å². The average Bonchev–Trinajstić information content (AvgIpc) is 3.17. The van der Waals surface area contributed by atoms with E-state index < -0.39 is 0 Å². The van der Waals surface area contributed by atoms with E-state index in [-0.39, 0.29) is 11.7 Å². The lowest BCUT2D eigenvalue weighted by molar-refractivity contribution is -0.130. The molecular weight excluding hydrogens is 387 g/mol. The molecule has 0 saturated carbocycles. The SMILES string of the molecule is CC(=O)N1CCC(Cc2cccc(Nc3ncc(-c4ccc(F)cc4)s3)n2)CC1. The van der Waals surface area contributed by atoms with Crippen LogP contribution in [0, 0.1) is 11.7 Å². The number of anilines is 2. The Labute approximate surface area is 173 Å². The molecule has 2 aromatic heterocycles. The molecule has 0 spiro atoms. The highest BCUT2D eigenvalue weighted by Gasteiger charge is 2.21. The number of thiazole rings is 1. The van der Waals surface area contributed by atoms with Crippen LogP contribution in [0.15, 0.2) is 48.7 Å². The summed E-state index contributed by atoms with van der Waals surface area (Å²) in [7, 11) is 0. The molecule has 150 valence electrons. The van der Waals surface area contributed by atoms with Crippen LogP contribution in [0.3, 0.4) is 0 Å². The third kappa shape index (κ3) is 4.98. The van der Waals surface area contributed by atoms with E-state index in [0.717, 1.165) is 59.4 Å². The topological polar surface area (TPSA) is 58.1 Å². The molecule has 29 heavy (non-hydrogen) atoms. The summed E-state index contributed by atoms with van der Waals surface area (Å²) in [6.45, 7) is 3.31. The van der Waals surface area contributed by atoms with E-state index in [4.69, 9.17) is 4.98 Å². The molecule has 1 aliphatic rings. The van der Waals surface area contributed by atoms with Crippen LogP contribution in [0.4, 0.5) is 15.3 Å². The summed E-state index contributed by atoms with van der Waals surface area (Å²) in [5, 5.41) is 4.03. The summed E-state index contributed by atoms with van der Waals surface area (Å²) in [6, 6.07) is 12.4. The van der Waals surface area contributed by atoms with Crippen molar-refractivity contribution in [2.45, 2.75) is 26.2 Å². The summed E-state index contributed by atoms with van der Waals surface area (Å²) < 4.78 is 13.1. The number of hydrogen-bond acceptors (Lipinski definition) is 5. The van der Waals surface area contributed by atoms with Crippen molar-refractivity contribution >= 4 is 28.2 Å². The first-order valence-electron chi connectivity index (χ1n) is 9.77. The largest absolute Gasteiger partial charge is 0.343 e. The predicted molar refractivity (Wildman–Crippen MR) is 114 cm³/mol. The quantitative estimate of drug-likeness (QED) is 0.651. The lowest BCUT2D eigenvalue weighted by Gasteiger charge is -2.31. The van der Waals surface area contributed by atoms with E-state index in [9.17, 15) is 9.18 Å². The van der Waals surface area contributed by atoms with E-state index in [1.165, 1.54) is 23.5 Å². The second-order valence-corrected chi connectivity index (χ2v) is 8.36. The van der Waals surface area contributed by atoms with E-state index in [1.807, 2.05) is 23.1 Å². The van der Waals surface area contributed by atoms with E-state index in [0.29, 0.717) is 5.92 Å². The number of aromatic nitrogens is 2. The number of benzene rings is 1. The molecule has 4 rings (SSSR count). The van der Waals surface area contributed by atoms with Crippen LogP contribution in [-0.4, -0.2) is 33.9 Å². The number of amides is 1. The van der Waals surface area contributed by atoms with Gasteiger partial charge in [-0.05, 0) is 55.0 Å². The number of pyridine rings is 1. The van der Waals surface area contributed by atoms with Crippen molar-refractivity contribution in [1.29, 1.82) is 0 Å². The Balaban J connectivity index is 1.38. The number of nitrogens with one attached hydrogen (secondary N) is 1. The number of halogens is 1. The fourth-order valence-corrected chi connectivity index (χ4v) is 4.43. The predicted octanol–water partition coefficient (Wildman–Crippen LogP) is 4.89. The molecule has 0 aliphatic carbocycles. The highest BCUT2D eigenvalue weighted by molar-refractivity contribution is 7.18. The van der Waals surface area contributed by atoms with Gasteiger partial charge in [-0.25, -0.2) is 14.4 Å². The molecule has 1 aliphatic heterocycles. The number of piperidine rings is 1. The number of nitrogens with zero attached hydrogens (tertiary/aromatic N) is 3. The molecule has 0 bridgehead atoms. The zero-order valence-electron chi connectivity index (χ0n) is 16.3. The maximum absolute atomic E-state index is 13.1. The van der Waals surface area contributed by atoms with Gasteiger partial charge >= 0.3 is 0 Å².